The first-order valence-corrected chi connectivity index (χ1v) is 11.3. The molecule has 1 aliphatic rings. The van der Waals surface area contributed by atoms with E-state index in [0.29, 0.717) is 38.3 Å². The summed E-state index contributed by atoms with van der Waals surface area (Å²) in [7, 11) is -3.00. The lowest BCUT2D eigenvalue weighted by molar-refractivity contribution is -0.127. The van der Waals surface area contributed by atoms with Gasteiger partial charge in [-0.05, 0) is 30.7 Å². The second-order valence-electron chi connectivity index (χ2n) is 6.65. The lowest BCUT2D eigenvalue weighted by Gasteiger charge is -2.34. The van der Waals surface area contributed by atoms with Crippen molar-refractivity contribution in [3.63, 3.8) is 0 Å². The molecule has 1 aromatic rings. The number of hydrogen-bond donors (Lipinski definition) is 0. The van der Waals surface area contributed by atoms with Gasteiger partial charge in [-0.2, -0.15) is 8.78 Å². The Balaban J connectivity index is 1.92. The molecule has 7 nitrogen and oxygen atoms in total. The van der Waals surface area contributed by atoms with Crippen LogP contribution >= 0.6 is 0 Å². The molecule has 1 aromatic carbocycles. The van der Waals surface area contributed by atoms with Gasteiger partial charge >= 0.3 is 6.61 Å². The molecule has 29 heavy (non-hydrogen) atoms. The summed E-state index contributed by atoms with van der Waals surface area (Å²) in [6, 6.07) is 4.48. The zero-order valence-electron chi connectivity index (χ0n) is 16.5. The lowest BCUT2D eigenvalue weighted by Crippen LogP contribution is -2.49. The Morgan fingerprint density at radius 3 is 2.48 bits per heavy atom. The molecule has 0 unspecified atom stereocenters. The molecule has 0 bridgehead atoms. The van der Waals surface area contributed by atoms with E-state index in [1.165, 1.54) is 24.5 Å². The number of sulfone groups is 1. The first-order valence-electron chi connectivity index (χ1n) is 9.26. The van der Waals surface area contributed by atoms with Gasteiger partial charge in [0.2, 0.25) is 5.91 Å². The number of hydrogen-bond acceptors (Lipinski definition) is 6. The molecule has 1 fully saturated rings. The minimum atomic E-state index is -3.00. The normalized spacial score (nSPS) is 15.8. The van der Waals surface area contributed by atoms with Crippen LogP contribution in [-0.4, -0.2) is 82.1 Å². The third kappa shape index (κ3) is 7.98. The average Bonchev–Trinajstić information content (AvgIpc) is 2.66. The quantitative estimate of drug-likeness (QED) is 0.555. The average molecular weight is 432 g/mol. The Labute approximate surface area is 169 Å². The van der Waals surface area contributed by atoms with E-state index in [-0.39, 0.29) is 29.8 Å². The van der Waals surface area contributed by atoms with Crippen molar-refractivity contribution in [3.05, 3.63) is 29.8 Å². The standard InChI is InChI=1S/C19H26F2N2O5S/c1-3-27-17-14-15(4-6-16(17)28-19(20)21)5-7-18(24)23-10-8-22(9-11-23)12-13-29(2,25)26/h4-7,14,19H,3,8-13H2,1-2H3/b7-5+. The molecule has 162 valence electrons. The predicted molar refractivity (Wildman–Crippen MR) is 106 cm³/mol. The van der Waals surface area contributed by atoms with E-state index in [2.05, 4.69) is 4.74 Å². The van der Waals surface area contributed by atoms with Gasteiger partial charge < -0.3 is 14.4 Å². The Morgan fingerprint density at radius 1 is 1.21 bits per heavy atom. The van der Waals surface area contributed by atoms with Gasteiger partial charge in [-0.25, -0.2) is 8.42 Å². The van der Waals surface area contributed by atoms with Crippen molar-refractivity contribution in [2.75, 3.05) is 51.3 Å². The highest BCUT2D eigenvalue weighted by Gasteiger charge is 2.20. The SMILES string of the molecule is CCOc1cc(/C=C/C(=O)N2CCN(CCS(C)(=O)=O)CC2)ccc1OC(F)F. The van der Waals surface area contributed by atoms with Crippen molar-refractivity contribution >= 4 is 21.8 Å². The number of alkyl halides is 2. The van der Waals surface area contributed by atoms with E-state index in [4.69, 9.17) is 4.74 Å². The van der Waals surface area contributed by atoms with Gasteiger partial charge in [0.15, 0.2) is 11.5 Å². The monoisotopic (exact) mass is 432 g/mol. The van der Waals surface area contributed by atoms with Gasteiger partial charge in [-0.15, -0.1) is 0 Å². The molecule has 0 aliphatic carbocycles. The van der Waals surface area contributed by atoms with Gasteiger partial charge in [-0.1, -0.05) is 6.07 Å². The molecule has 0 radical (unpaired) electrons. The third-order valence-corrected chi connectivity index (χ3v) is 5.29. The van der Waals surface area contributed by atoms with Crippen LogP contribution in [0.3, 0.4) is 0 Å². The van der Waals surface area contributed by atoms with Crippen LogP contribution in [-0.2, 0) is 14.6 Å². The minimum absolute atomic E-state index is 0.0597. The van der Waals surface area contributed by atoms with E-state index < -0.39 is 16.4 Å². The molecule has 1 aliphatic heterocycles. The number of amides is 1. The van der Waals surface area contributed by atoms with Crippen molar-refractivity contribution in [1.29, 1.82) is 0 Å². The summed E-state index contributed by atoms with van der Waals surface area (Å²) < 4.78 is 57.2. The number of rotatable bonds is 9. The minimum Gasteiger partial charge on any atom is -0.490 e. The molecule has 2 rings (SSSR count). The Kier molecular flexibility index (Phi) is 8.39. The molecule has 1 saturated heterocycles. The number of carbonyl (C=O) groups excluding carboxylic acids is 1. The van der Waals surface area contributed by atoms with Crippen molar-refractivity contribution in [3.8, 4) is 11.5 Å². The van der Waals surface area contributed by atoms with Crippen molar-refractivity contribution < 1.29 is 31.5 Å². The number of piperazine rings is 1. The van der Waals surface area contributed by atoms with E-state index in [1.54, 1.807) is 24.0 Å². The maximum absolute atomic E-state index is 12.5. The van der Waals surface area contributed by atoms with Gasteiger partial charge in [0.1, 0.15) is 9.84 Å². The van der Waals surface area contributed by atoms with E-state index in [9.17, 15) is 22.0 Å². The zero-order chi connectivity index (χ0) is 21.4. The fourth-order valence-electron chi connectivity index (χ4n) is 2.85. The van der Waals surface area contributed by atoms with Crippen LogP contribution in [0.25, 0.3) is 6.08 Å². The summed E-state index contributed by atoms with van der Waals surface area (Å²) in [5.74, 6) is 0.0601. The molecule has 1 amide bonds. The maximum atomic E-state index is 12.5. The molecule has 1 heterocycles. The number of ether oxygens (including phenoxy) is 2. The second-order valence-corrected chi connectivity index (χ2v) is 8.91. The van der Waals surface area contributed by atoms with Crippen LogP contribution in [0, 0.1) is 0 Å². The Morgan fingerprint density at radius 2 is 1.90 bits per heavy atom. The van der Waals surface area contributed by atoms with Gasteiger partial charge in [0.25, 0.3) is 0 Å². The highest BCUT2D eigenvalue weighted by Crippen LogP contribution is 2.30. The van der Waals surface area contributed by atoms with Crippen LogP contribution in [0.1, 0.15) is 12.5 Å². The summed E-state index contributed by atoms with van der Waals surface area (Å²) >= 11 is 0. The predicted octanol–water partition coefficient (Wildman–Crippen LogP) is 1.89. The molecular formula is C19H26F2N2O5S. The van der Waals surface area contributed by atoms with E-state index >= 15 is 0 Å². The van der Waals surface area contributed by atoms with Crippen molar-refractivity contribution in [2.24, 2.45) is 0 Å². The molecule has 0 aromatic heterocycles. The van der Waals surface area contributed by atoms with Crippen LogP contribution in [0.15, 0.2) is 24.3 Å². The third-order valence-electron chi connectivity index (χ3n) is 4.36. The number of halogens is 2. The summed E-state index contributed by atoms with van der Waals surface area (Å²) in [6.07, 6.45) is 4.22. The fourth-order valence-corrected chi connectivity index (χ4v) is 3.44. The fraction of sp³-hybridized carbons (Fsp3) is 0.526. The van der Waals surface area contributed by atoms with Gasteiger partial charge in [-0.3, -0.25) is 9.69 Å². The molecule has 0 atom stereocenters. The Hall–Kier alpha value is -2.20. The first kappa shape index (κ1) is 23.1. The molecule has 0 spiro atoms. The van der Waals surface area contributed by atoms with Crippen molar-refractivity contribution in [2.45, 2.75) is 13.5 Å². The summed E-state index contributed by atoms with van der Waals surface area (Å²) in [4.78, 5) is 16.1. The van der Waals surface area contributed by atoms with Crippen LogP contribution in [0.5, 0.6) is 11.5 Å². The number of benzene rings is 1. The lowest BCUT2D eigenvalue weighted by atomic mass is 10.2. The molecule has 0 N–H and O–H groups in total. The largest absolute Gasteiger partial charge is 0.490 e. The number of nitrogens with zero attached hydrogens (tertiary/aromatic N) is 2. The maximum Gasteiger partial charge on any atom is 0.387 e. The molecule has 0 saturated carbocycles. The smallest absolute Gasteiger partial charge is 0.387 e. The topological polar surface area (TPSA) is 76.2 Å². The zero-order valence-corrected chi connectivity index (χ0v) is 17.3. The van der Waals surface area contributed by atoms with E-state index in [0.717, 1.165) is 0 Å². The summed E-state index contributed by atoms with van der Waals surface area (Å²) in [6.45, 7) is 1.78. The number of carbonyl (C=O) groups is 1. The summed E-state index contributed by atoms with van der Waals surface area (Å²) in [5.41, 5.74) is 0.621. The van der Waals surface area contributed by atoms with Gasteiger partial charge in [0.05, 0.1) is 12.4 Å². The molecule has 10 heteroatoms. The summed E-state index contributed by atoms with van der Waals surface area (Å²) in [5, 5.41) is 0. The highest BCUT2D eigenvalue weighted by atomic mass is 32.2. The van der Waals surface area contributed by atoms with Gasteiger partial charge in [0, 0.05) is 45.1 Å². The second kappa shape index (κ2) is 10.5. The highest BCUT2D eigenvalue weighted by molar-refractivity contribution is 7.90. The first-order chi connectivity index (χ1) is 13.7. The Bertz CT molecular complexity index is 822. The molecular weight excluding hydrogens is 406 g/mol. The van der Waals surface area contributed by atoms with Crippen molar-refractivity contribution in [1.82, 2.24) is 9.80 Å². The van der Waals surface area contributed by atoms with E-state index in [1.807, 2.05) is 4.90 Å². The van der Waals surface area contributed by atoms with Crippen LogP contribution in [0.2, 0.25) is 0 Å². The van der Waals surface area contributed by atoms with Crippen LogP contribution < -0.4 is 9.47 Å². The van der Waals surface area contributed by atoms with Crippen LogP contribution in [0.4, 0.5) is 8.78 Å².